The van der Waals surface area contributed by atoms with Gasteiger partial charge in [0, 0.05) is 17.5 Å². The van der Waals surface area contributed by atoms with Crippen LogP contribution in [0, 0.1) is 11.6 Å². The second-order valence-corrected chi connectivity index (χ2v) is 7.47. The molecule has 0 spiro atoms. The first-order valence-electron chi connectivity index (χ1n) is 8.88. The summed E-state index contributed by atoms with van der Waals surface area (Å²) in [5, 5.41) is 3.13. The highest BCUT2D eigenvalue weighted by atomic mass is 32.1. The van der Waals surface area contributed by atoms with Crippen molar-refractivity contribution in [3.63, 3.8) is 0 Å². The van der Waals surface area contributed by atoms with Crippen molar-refractivity contribution in [1.29, 1.82) is 0 Å². The average molecular weight is 418 g/mol. The maximum Gasteiger partial charge on any atom is 0.255 e. The molecule has 3 aromatic rings. The van der Waals surface area contributed by atoms with Gasteiger partial charge in [-0.3, -0.25) is 10.1 Å². The van der Waals surface area contributed by atoms with E-state index in [1.165, 1.54) is 17.4 Å². The summed E-state index contributed by atoms with van der Waals surface area (Å²) in [4.78, 5) is 17.3. The standard InChI is InChI=1S/C21H20F2N2O3S/c1-13(28-12-15-4-3-5-16(8-15)27-2)20(26)25-21-24-11-17(29-21)9-14-6-7-18(22)19(23)10-14/h3-8,10-11,13H,9,12H2,1-2H3,(H,24,25,26). The van der Waals surface area contributed by atoms with Gasteiger partial charge in [-0.25, -0.2) is 13.8 Å². The van der Waals surface area contributed by atoms with E-state index in [-0.39, 0.29) is 12.5 Å². The number of ether oxygens (including phenoxy) is 2. The lowest BCUT2D eigenvalue weighted by Gasteiger charge is -2.12. The van der Waals surface area contributed by atoms with E-state index in [0.717, 1.165) is 28.3 Å². The number of hydrogen-bond acceptors (Lipinski definition) is 5. The summed E-state index contributed by atoms with van der Waals surface area (Å²) >= 11 is 1.27. The first-order valence-corrected chi connectivity index (χ1v) is 9.70. The number of anilines is 1. The molecule has 0 aliphatic carbocycles. The molecule has 0 radical (unpaired) electrons. The van der Waals surface area contributed by atoms with Crippen LogP contribution in [0.1, 0.15) is 22.9 Å². The summed E-state index contributed by atoms with van der Waals surface area (Å²) in [5.74, 6) is -1.36. The van der Waals surface area contributed by atoms with Crippen molar-refractivity contribution in [3.8, 4) is 5.75 Å². The van der Waals surface area contributed by atoms with Crippen LogP contribution in [0.2, 0.25) is 0 Å². The van der Waals surface area contributed by atoms with Crippen molar-refractivity contribution in [3.05, 3.63) is 76.3 Å². The van der Waals surface area contributed by atoms with Gasteiger partial charge in [-0.1, -0.05) is 18.2 Å². The van der Waals surface area contributed by atoms with Crippen molar-refractivity contribution in [1.82, 2.24) is 4.98 Å². The van der Waals surface area contributed by atoms with Gasteiger partial charge in [-0.2, -0.15) is 0 Å². The number of carbonyl (C=O) groups is 1. The number of carbonyl (C=O) groups excluding carboxylic acids is 1. The molecule has 1 heterocycles. The lowest BCUT2D eigenvalue weighted by molar-refractivity contribution is -0.127. The first kappa shape index (κ1) is 20.9. The lowest BCUT2D eigenvalue weighted by atomic mass is 10.1. The van der Waals surface area contributed by atoms with E-state index < -0.39 is 17.7 Å². The molecule has 152 valence electrons. The van der Waals surface area contributed by atoms with Crippen molar-refractivity contribution in [2.75, 3.05) is 12.4 Å². The predicted octanol–water partition coefficient (Wildman–Crippen LogP) is 4.56. The van der Waals surface area contributed by atoms with E-state index in [2.05, 4.69) is 10.3 Å². The SMILES string of the molecule is COc1cccc(COC(C)C(=O)Nc2ncc(Cc3ccc(F)c(F)c3)s2)c1. The number of nitrogens with zero attached hydrogens (tertiary/aromatic N) is 1. The quantitative estimate of drug-likeness (QED) is 0.582. The highest BCUT2D eigenvalue weighted by Crippen LogP contribution is 2.22. The molecule has 1 aromatic heterocycles. The van der Waals surface area contributed by atoms with Gasteiger partial charge in [-0.15, -0.1) is 11.3 Å². The molecule has 1 unspecified atom stereocenters. The number of benzene rings is 2. The average Bonchev–Trinajstić information content (AvgIpc) is 3.15. The summed E-state index contributed by atoms with van der Waals surface area (Å²) in [6.45, 7) is 1.93. The van der Waals surface area contributed by atoms with E-state index in [0.29, 0.717) is 17.1 Å². The van der Waals surface area contributed by atoms with Crippen LogP contribution in [0.5, 0.6) is 5.75 Å². The van der Waals surface area contributed by atoms with Gasteiger partial charge in [0.05, 0.1) is 13.7 Å². The summed E-state index contributed by atoms with van der Waals surface area (Å²) in [7, 11) is 1.59. The third-order valence-electron chi connectivity index (χ3n) is 4.15. The van der Waals surface area contributed by atoms with Crippen molar-refractivity contribution < 1.29 is 23.0 Å². The fraction of sp³-hybridized carbons (Fsp3) is 0.238. The summed E-state index contributed by atoms with van der Waals surface area (Å²) in [6.07, 6.45) is 1.32. The van der Waals surface area contributed by atoms with E-state index in [1.54, 1.807) is 20.2 Å². The fourth-order valence-corrected chi connectivity index (χ4v) is 3.41. The van der Waals surface area contributed by atoms with Gasteiger partial charge < -0.3 is 9.47 Å². The van der Waals surface area contributed by atoms with Crippen LogP contribution in [-0.2, 0) is 22.6 Å². The van der Waals surface area contributed by atoms with Gasteiger partial charge >= 0.3 is 0 Å². The zero-order valence-electron chi connectivity index (χ0n) is 15.9. The van der Waals surface area contributed by atoms with Crippen molar-refractivity contribution in [2.45, 2.75) is 26.1 Å². The highest BCUT2D eigenvalue weighted by Gasteiger charge is 2.16. The Kier molecular flexibility index (Phi) is 6.90. The predicted molar refractivity (Wildman–Crippen MR) is 107 cm³/mol. The van der Waals surface area contributed by atoms with Gasteiger partial charge in [0.2, 0.25) is 0 Å². The van der Waals surface area contributed by atoms with Crippen LogP contribution in [-0.4, -0.2) is 24.1 Å². The normalized spacial score (nSPS) is 11.9. The number of halogens is 2. The van der Waals surface area contributed by atoms with Gasteiger partial charge in [0.15, 0.2) is 16.8 Å². The molecule has 0 saturated carbocycles. The van der Waals surface area contributed by atoms with Crippen molar-refractivity contribution in [2.24, 2.45) is 0 Å². The molecule has 5 nitrogen and oxygen atoms in total. The Hall–Kier alpha value is -2.84. The van der Waals surface area contributed by atoms with E-state index in [9.17, 15) is 13.6 Å². The first-order chi connectivity index (χ1) is 13.9. The minimum atomic E-state index is -0.887. The summed E-state index contributed by atoms with van der Waals surface area (Å²) in [5.41, 5.74) is 1.52. The Bertz CT molecular complexity index is 994. The number of methoxy groups -OCH3 is 1. The molecule has 0 saturated heterocycles. The molecule has 29 heavy (non-hydrogen) atoms. The Morgan fingerprint density at radius 2 is 2.00 bits per heavy atom. The molecule has 1 atom stereocenters. The second kappa shape index (κ2) is 9.58. The van der Waals surface area contributed by atoms with Crippen LogP contribution in [0.3, 0.4) is 0 Å². The van der Waals surface area contributed by atoms with Crippen LogP contribution in [0.15, 0.2) is 48.7 Å². The summed E-state index contributed by atoms with van der Waals surface area (Å²) < 4.78 is 37.1. The molecular formula is C21H20F2N2O3S. The maximum absolute atomic E-state index is 13.3. The molecule has 0 aliphatic heterocycles. The van der Waals surface area contributed by atoms with Gasteiger partial charge in [-0.05, 0) is 42.3 Å². The molecular weight excluding hydrogens is 398 g/mol. The minimum absolute atomic E-state index is 0.269. The lowest BCUT2D eigenvalue weighted by Crippen LogP contribution is -2.27. The molecule has 3 rings (SSSR count). The zero-order chi connectivity index (χ0) is 20.8. The molecule has 1 N–H and O–H groups in total. The summed E-state index contributed by atoms with van der Waals surface area (Å²) in [6, 6.07) is 11.2. The Labute approximate surface area is 171 Å². The number of nitrogens with one attached hydrogen (secondary N) is 1. The Morgan fingerprint density at radius 1 is 1.17 bits per heavy atom. The van der Waals surface area contributed by atoms with E-state index >= 15 is 0 Å². The van der Waals surface area contributed by atoms with Crippen LogP contribution in [0.25, 0.3) is 0 Å². The number of amides is 1. The Morgan fingerprint density at radius 3 is 2.76 bits per heavy atom. The Balaban J connectivity index is 1.52. The third kappa shape index (κ3) is 5.82. The number of thiazole rings is 1. The monoisotopic (exact) mass is 418 g/mol. The van der Waals surface area contributed by atoms with Crippen molar-refractivity contribution >= 4 is 22.4 Å². The number of rotatable bonds is 8. The van der Waals surface area contributed by atoms with E-state index in [4.69, 9.17) is 9.47 Å². The van der Waals surface area contributed by atoms with Crippen LogP contribution in [0.4, 0.5) is 13.9 Å². The van der Waals surface area contributed by atoms with Gasteiger partial charge in [0.25, 0.3) is 5.91 Å². The highest BCUT2D eigenvalue weighted by molar-refractivity contribution is 7.15. The molecule has 0 fully saturated rings. The topological polar surface area (TPSA) is 60.5 Å². The van der Waals surface area contributed by atoms with Gasteiger partial charge in [0.1, 0.15) is 11.9 Å². The number of hydrogen-bond donors (Lipinski definition) is 1. The number of aromatic nitrogens is 1. The van der Waals surface area contributed by atoms with Crippen LogP contribution < -0.4 is 10.1 Å². The fourth-order valence-electron chi connectivity index (χ4n) is 2.56. The smallest absolute Gasteiger partial charge is 0.255 e. The third-order valence-corrected chi connectivity index (χ3v) is 5.06. The molecule has 0 bridgehead atoms. The van der Waals surface area contributed by atoms with Crippen LogP contribution >= 0.6 is 11.3 Å². The van der Waals surface area contributed by atoms with E-state index in [1.807, 2.05) is 24.3 Å². The maximum atomic E-state index is 13.3. The minimum Gasteiger partial charge on any atom is -0.497 e. The molecule has 8 heteroatoms. The molecule has 1 amide bonds. The molecule has 2 aromatic carbocycles. The second-order valence-electron chi connectivity index (χ2n) is 6.35. The largest absolute Gasteiger partial charge is 0.497 e. The molecule has 0 aliphatic rings. The zero-order valence-corrected chi connectivity index (χ0v) is 16.8.